The molecule has 1 atom stereocenters. The number of benzene rings is 2. The van der Waals surface area contributed by atoms with Crippen LogP contribution in [0, 0.1) is 11.7 Å². The molecular formula is C22H25FN6O. The molecule has 0 saturated carbocycles. The molecule has 1 aromatic heterocycles. The second-order valence-electron chi connectivity index (χ2n) is 7.63. The van der Waals surface area contributed by atoms with Crippen molar-refractivity contribution in [3.63, 3.8) is 0 Å². The zero-order chi connectivity index (χ0) is 20.9. The number of carbonyl (C=O) groups excluding carboxylic acids is 1. The molecule has 0 unspecified atom stereocenters. The van der Waals surface area contributed by atoms with E-state index in [1.165, 1.54) is 11.6 Å². The molecule has 156 valence electrons. The Labute approximate surface area is 174 Å². The van der Waals surface area contributed by atoms with Crippen molar-refractivity contribution in [1.29, 1.82) is 0 Å². The molecule has 2 heterocycles. The van der Waals surface area contributed by atoms with Crippen molar-refractivity contribution in [3.8, 4) is 0 Å². The van der Waals surface area contributed by atoms with Crippen LogP contribution in [-0.2, 0) is 17.8 Å². The minimum Gasteiger partial charge on any atom is -0.369 e. The molecule has 2 N–H and O–H groups in total. The van der Waals surface area contributed by atoms with E-state index in [1.807, 2.05) is 24.3 Å². The summed E-state index contributed by atoms with van der Waals surface area (Å²) in [5, 5.41) is 12.3. The number of carbonyl (C=O) groups is 1. The highest BCUT2D eigenvalue weighted by atomic mass is 19.1. The van der Waals surface area contributed by atoms with E-state index in [4.69, 9.17) is 5.73 Å². The van der Waals surface area contributed by atoms with E-state index in [9.17, 15) is 9.18 Å². The average molecular weight is 408 g/mol. The molecule has 0 bridgehead atoms. The number of amides is 1. The third kappa shape index (κ3) is 4.38. The quantitative estimate of drug-likeness (QED) is 0.648. The fraction of sp³-hybridized carbons (Fsp3) is 0.364. The largest absolute Gasteiger partial charge is 0.369 e. The zero-order valence-corrected chi connectivity index (χ0v) is 16.7. The number of nitrogens with two attached hydrogens (primary N) is 1. The predicted molar refractivity (Wildman–Crippen MR) is 110 cm³/mol. The number of rotatable bonds is 7. The molecule has 1 aliphatic heterocycles. The zero-order valence-electron chi connectivity index (χ0n) is 16.7. The normalized spacial score (nSPS) is 16.4. The monoisotopic (exact) mass is 408 g/mol. The fourth-order valence-corrected chi connectivity index (χ4v) is 4.08. The fourth-order valence-electron chi connectivity index (χ4n) is 4.08. The highest BCUT2D eigenvalue weighted by Crippen LogP contribution is 2.32. The van der Waals surface area contributed by atoms with Crippen molar-refractivity contribution in [2.24, 2.45) is 11.7 Å². The molecule has 0 aliphatic carbocycles. The summed E-state index contributed by atoms with van der Waals surface area (Å²) >= 11 is 0. The lowest BCUT2D eigenvalue weighted by molar-refractivity contribution is -0.123. The Hall–Kier alpha value is -3.13. The number of nitrogens with zero attached hydrogens (tertiary/aromatic N) is 5. The Balaban J connectivity index is 1.62. The number of hydrogen-bond acceptors (Lipinski definition) is 5. The molecule has 8 heteroatoms. The maximum atomic E-state index is 14.8. The third-order valence-corrected chi connectivity index (χ3v) is 5.76. The Morgan fingerprint density at radius 2 is 1.80 bits per heavy atom. The SMILES string of the molecule is NC(=O)C1CCN([C@@H](c2ccccc2F)c2nnnn2CCc2ccccc2)CC1. The topological polar surface area (TPSA) is 89.9 Å². The summed E-state index contributed by atoms with van der Waals surface area (Å²) in [6, 6.07) is 16.4. The van der Waals surface area contributed by atoms with E-state index in [1.54, 1.807) is 16.8 Å². The van der Waals surface area contributed by atoms with Gasteiger partial charge in [0.1, 0.15) is 11.9 Å². The number of primary amides is 1. The van der Waals surface area contributed by atoms with Crippen LogP contribution in [0.2, 0.25) is 0 Å². The molecule has 7 nitrogen and oxygen atoms in total. The molecule has 1 amide bonds. The Bertz CT molecular complexity index is 984. The lowest BCUT2D eigenvalue weighted by Gasteiger charge is -2.36. The number of halogens is 1. The van der Waals surface area contributed by atoms with Gasteiger partial charge in [-0.05, 0) is 54.4 Å². The van der Waals surface area contributed by atoms with Crippen molar-refractivity contribution in [2.75, 3.05) is 13.1 Å². The first-order chi connectivity index (χ1) is 14.6. The smallest absolute Gasteiger partial charge is 0.220 e. The lowest BCUT2D eigenvalue weighted by Crippen LogP contribution is -2.41. The van der Waals surface area contributed by atoms with Crippen LogP contribution in [-0.4, -0.2) is 44.1 Å². The minimum absolute atomic E-state index is 0.142. The van der Waals surface area contributed by atoms with Crippen LogP contribution in [0.3, 0.4) is 0 Å². The van der Waals surface area contributed by atoms with Gasteiger partial charge in [0.2, 0.25) is 5.91 Å². The van der Waals surface area contributed by atoms with Crippen molar-refractivity contribution in [3.05, 3.63) is 77.4 Å². The van der Waals surface area contributed by atoms with E-state index in [0.717, 1.165) is 6.42 Å². The molecule has 1 fully saturated rings. The highest BCUT2D eigenvalue weighted by molar-refractivity contribution is 5.76. The highest BCUT2D eigenvalue weighted by Gasteiger charge is 2.33. The van der Waals surface area contributed by atoms with Crippen molar-refractivity contribution >= 4 is 5.91 Å². The van der Waals surface area contributed by atoms with Gasteiger partial charge in [0, 0.05) is 18.0 Å². The number of tetrazole rings is 1. The van der Waals surface area contributed by atoms with Gasteiger partial charge in [-0.15, -0.1) is 5.10 Å². The van der Waals surface area contributed by atoms with Crippen LogP contribution in [0.25, 0.3) is 0 Å². The van der Waals surface area contributed by atoms with E-state index in [0.29, 0.717) is 43.9 Å². The van der Waals surface area contributed by atoms with E-state index in [-0.39, 0.29) is 17.6 Å². The van der Waals surface area contributed by atoms with Gasteiger partial charge in [0.15, 0.2) is 5.82 Å². The van der Waals surface area contributed by atoms with Gasteiger partial charge in [-0.3, -0.25) is 9.69 Å². The van der Waals surface area contributed by atoms with Crippen LogP contribution in [0.4, 0.5) is 4.39 Å². The first-order valence-corrected chi connectivity index (χ1v) is 10.2. The molecule has 0 radical (unpaired) electrons. The van der Waals surface area contributed by atoms with Crippen LogP contribution < -0.4 is 5.73 Å². The van der Waals surface area contributed by atoms with Gasteiger partial charge in [0.25, 0.3) is 0 Å². The molecular weight excluding hydrogens is 383 g/mol. The second-order valence-corrected chi connectivity index (χ2v) is 7.63. The van der Waals surface area contributed by atoms with Crippen molar-refractivity contribution in [1.82, 2.24) is 25.1 Å². The van der Waals surface area contributed by atoms with Crippen molar-refractivity contribution < 1.29 is 9.18 Å². The number of aromatic nitrogens is 4. The molecule has 1 aliphatic rings. The van der Waals surface area contributed by atoms with Gasteiger partial charge >= 0.3 is 0 Å². The Kier molecular flexibility index (Phi) is 6.13. The van der Waals surface area contributed by atoms with Crippen molar-refractivity contribution in [2.45, 2.75) is 31.8 Å². The van der Waals surface area contributed by atoms with E-state index in [2.05, 4.69) is 32.6 Å². The maximum absolute atomic E-state index is 14.8. The number of piperidine rings is 1. The van der Waals surface area contributed by atoms with E-state index >= 15 is 0 Å². The van der Waals surface area contributed by atoms with Crippen LogP contribution in [0.15, 0.2) is 54.6 Å². The number of aryl methyl sites for hydroxylation is 2. The average Bonchev–Trinajstić information content (AvgIpc) is 3.23. The minimum atomic E-state index is -0.425. The lowest BCUT2D eigenvalue weighted by atomic mass is 9.93. The van der Waals surface area contributed by atoms with Gasteiger partial charge in [-0.2, -0.15) is 0 Å². The summed E-state index contributed by atoms with van der Waals surface area (Å²) in [6.45, 7) is 1.84. The van der Waals surface area contributed by atoms with Crippen LogP contribution in [0.5, 0.6) is 0 Å². The molecule has 2 aromatic carbocycles. The summed E-state index contributed by atoms with van der Waals surface area (Å²) in [7, 11) is 0. The third-order valence-electron chi connectivity index (χ3n) is 5.76. The molecule has 0 spiro atoms. The predicted octanol–water partition coefficient (Wildman–Crippen LogP) is 2.34. The number of hydrogen-bond donors (Lipinski definition) is 1. The van der Waals surface area contributed by atoms with Gasteiger partial charge in [0.05, 0.1) is 0 Å². The maximum Gasteiger partial charge on any atom is 0.220 e. The van der Waals surface area contributed by atoms with Gasteiger partial charge in [-0.1, -0.05) is 48.5 Å². The molecule has 3 aromatic rings. The summed E-state index contributed by atoms with van der Waals surface area (Å²) in [6.07, 6.45) is 2.06. The Morgan fingerprint density at radius 3 is 2.50 bits per heavy atom. The summed E-state index contributed by atoms with van der Waals surface area (Å²) in [5.74, 6) is -0.105. The summed E-state index contributed by atoms with van der Waals surface area (Å²) in [5.41, 5.74) is 7.20. The first kappa shape index (κ1) is 20.2. The van der Waals surface area contributed by atoms with E-state index < -0.39 is 6.04 Å². The van der Waals surface area contributed by atoms with Gasteiger partial charge in [-0.25, -0.2) is 9.07 Å². The standard InChI is InChI=1S/C22H25FN6O/c23-19-9-5-4-8-18(19)20(28-13-11-17(12-14-28)21(24)30)22-25-26-27-29(22)15-10-16-6-2-1-3-7-16/h1-9,17,20H,10-15H2,(H2,24,30)/t20-/m0/s1. The van der Waals surface area contributed by atoms with Crippen LogP contribution >= 0.6 is 0 Å². The molecule has 1 saturated heterocycles. The Morgan fingerprint density at radius 1 is 1.10 bits per heavy atom. The summed E-state index contributed by atoms with van der Waals surface area (Å²) in [4.78, 5) is 13.7. The summed E-state index contributed by atoms with van der Waals surface area (Å²) < 4.78 is 16.5. The molecule has 4 rings (SSSR count). The van der Waals surface area contributed by atoms with Crippen LogP contribution in [0.1, 0.15) is 35.8 Å². The molecule has 30 heavy (non-hydrogen) atoms. The number of likely N-dealkylation sites (tertiary alicyclic amines) is 1. The first-order valence-electron chi connectivity index (χ1n) is 10.2. The van der Waals surface area contributed by atoms with Gasteiger partial charge < -0.3 is 5.73 Å². The second kappa shape index (κ2) is 9.13.